The van der Waals surface area contributed by atoms with E-state index in [9.17, 15) is 19.5 Å². The number of halogens is 1. The van der Waals surface area contributed by atoms with Crippen molar-refractivity contribution in [1.82, 2.24) is 5.32 Å². The highest BCUT2D eigenvalue weighted by atomic mass is 35.5. The summed E-state index contributed by atoms with van der Waals surface area (Å²) < 4.78 is 0.807. The molecule has 1 saturated carbocycles. The van der Waals surface area contributed by atoms with Gasteiger partial charge in [-0.15, -0.1) is 11.3 Å². The number of aliphatic carboxylic acids is 1. The van der Waals surface area contributed by atoms with E-state index in [1.165, 1.54) is 11.3 Å². The van der Waals surface area contributed by atoms with Crippen molar-refractivity contribution in [2.45, 2.75) is 45.1 Å². The van der Waals surface area contributed by atoms with Gasteiger partial charge in [0.1, 0.15) is 11.0 Å². The van der Waals surface area contributed by atoms with Crippen molar-refractivity contribution in [2.24, 2.45) is 5.92 Å². The minimum Gasteiger partial charge on any atom is -0.480 e. The van der Waals surface area contributed by atoms with Gasteiger partial charge in [0.15, 0.2) is 0 Å². The number of hydrogen-bond acceptors (Lipinski definition) is 4. The molecule has 1 aliphatic rings. The van der Waals surface area contributed by atoms with Crippen LogP contribution in [0.2, 0.25) is 5.02 Å². The van der Waals surface area contributed by atoms with E-state index < -0.39 is 23.9 Å². The molecule has 4 rings (SSSR count). The number of para-hydroxylation sites is 1. The number of carboxylic acid groups (broad SMARTS) is 1. The molecule has 0 radical (unpaired) electrons. The number of urea groups is 1. The molecule has 3 aromatic rings. The van der Waals surface area contributed by atoms with Crippen LogP contribution in [0.1, 0.15) is 48.0 Å². The normalized spacial score (nSPS) is 15.0. The van der Waals surface area contributed by atoms with Gasteiger partial charge < -0.3 is 15.7 Å². The number of thiophene rings is 1. The highest BCUT2D eigenvalue weighted by Gasteiger charge is 2.32. The lowest BCUT2D eigenvalue weighted by Crippen LogP contribution is -2.46. The number of amides is 3. The fourth-order valence-corrected chi connectivity index (χ4v) is 5.82. The number of fused-ring (bicyclic) bond motifs is 1. The Morgan fingerprint density at radius 3 is 2.47 bits per heavy atom. The smallest absolute Gasteiger partial charge is 0.326 e. The molecule has 34 heavy (non-hydrogen) atoms. The molecule has 1 aromatic heterocycles. The molecule has 0 unspecified atom stereocenters. The number of rotatable bonds is 6. The number of anilines is 2. The van der Waals surface area contributed by atoms with Gasteiger partial charge in [0.25, 0.3) is 5.91 Å². The zero-order valence-electron chi connectivity index (χ0n) is 18.7. The molecular weight excluding hydrogens is 474 g/mol. The van der Waals surface area contributed by atoms with E-state index in [1.807, 2.05) is 25.1 Å². The van der Waals surface area contributed by atoms with Crippen molar-refractivity contribution in [1.29, 1.82) is 0 Å². The summed E-state index contributed by atoms with van der Waals surface area (Å²) in [4.78, 5) is 38.2. The van der Waals surface area contributed by atoms with Crippen LogP contribution in [-0.2, 0) is 4.79 Å². The summed E-state index contributed by atoms with van der Waals surface area (Å²) in [7, 11) is 0. The first-order valence-electron chi connectivity index (χ1n) is 11.2. The molecule has 9 heteroatoms. The molecule has 1 heterocycles. The largest absolute Gasteiger partial charge is 0.480 e. The molecule has 178 valence electrons. The second-order valence-electron chi connectivity index (χ2n) is 8.50. The number of benzene rings is 2. The zero-order valence-corrected chi connectivity index (χ0v) is 20.3. The van der Waals surface area contributed by atoms with Gasteiger partial charge in [-0.25, -0.2) is 9.59 Å². The van der Waals surface area contributed by atoms with Crippen molar-refractivity contribution < 1.29 is 19.5 Å². The Morgan fingerprint density at radius 2 is 1.76 bits per heavy atom. The molecule has 4 N–H and O–H groups in total. The minimum atomic E-state index is -1.04. The molecule has 0 spiro atoms. The summed E-state index contributed by atoms with van der Waals surface area (Å²) in [6.45, 7) is 1.83. The van der Waals surface area contributed by atoms with Crippen LogP contribution in [0.4, 0.5) is 15.5 Å². The van der Waals surface area contributed by atoms with Gasteiger partial charge in [-0.3, -0.25) is 10.1 Å². The average molecular weight is 500 g/mol. The molecule has 3 amide bonds. The van der Waals surface area contributed by atoms with Gasteiger partial charge >= 0.3 is 12.0 Å². The molecular formula is C25H26ClN3O4S. The van der Waals surface area contributed by atoms with Crippen LogP contribution in [0.3, 0.4) is 0 Å². The Hall–Kier alpha value is -3.10. The maximum Gasteiger partial charge on any atom is 0.326 e. The third-order valence-corrected chi connectivity index (χ3v) is 7.59. The maximum absolute atomic E-state index is 13.4. The van der Waals surface area contributed by atoms with E-state index in [1.54, 1.807) is 24.3 Å². The van der Waals surface area contributed by atoms with E-state index in [4.69, 9.17) is 11.6 Å². The first-order valence-corrected chi connectivity index (χ1v) is 12.4. The molecule has 2 aromatic carbocycles. The number of nitrogens with one attached hydrogen (secondary N) is 3. The number of carbonyl (C=O) groups is 3. The fraction of sp³-hybridized carbons (Fsp3) is 0.320. The predicted molar refractivity (Wildman–Crippen MR) is 136 cm³/mol. The summed E-state index contributed by atoms with van der Waals surface area (Å²) in [5, 5.41) is 19.5. The fourth-order valence-electron chi connectivity index (χ4n) is 4.46. The number of carboxylic acids is 1. The molecule has 7 nitrogen and oxygen atoms in total. The van der Waals surface area contributed by atoms with Crippen LogP contribution in [0, 0.1) is 12.8 Å². The monoisotopic (exact) mass is 499 g/mol. The van der Waals surface area contributed by atoms with E-state index in [0.29, 0.717) is 21.1 Å². The van der Waals surface area contributed by atoms with Crippen LogP contribution in [-0.4, -0.2) is 29.1 Å². The molecule has 1 fully saturated rings. The van der Waals surface area contributed by atoms with Crippen molar-refractivity contribution >= 4 is 61.6 Å². The molecule has 1 atom stereocenters. The quantitative estimate of drug-likeness (QED) is 0.320. The summed E-state index contributed by atoms with van der Waals surface area (Å²) in [6.07, 6.45) is 4.54. The Bertz CT molecular complexity index is 1220. The summed E-state index contributed by atoms with van der Waals surface area (Å²) in [5.74, 6) is -1.66. The highest BCUT2D eigenvalue weighted by Crippen LogP contribution is 2.36. The molecule has 1 aliphatic carbocycles. The molecule has 0 bridgehead atoms. The Balaban J connectivity index is 1.61. The van der Waals surface area contributed by atoms with Gasteiger partial charge in [-0.1, -0.05) is 61.2 Å². The standard InChI is InChI=1S/C25H26ClN3O4S/c1-14-8-7-12-17(26)20(14)28-25(33)29-23-19(16-11-5-6-13-18(16)34-23)22(30)27-21(24(31)32)15-9-3-2-4-10-15/h5-8,11-13,15,21H,2-4,9-10H2,1H3,(H,27,30)(H,31,32)(H2,28,29,33)/t21-/m0/s1. The Labute approximate surface area is 206 Å². The summed E-state index contributed by atoms with van der Waals surface area (Å²) in [6, 6.07) is 11.1. The first kappa shape index (κ1) is 24.0. The maximum atomic E-state index is 13.4. The Kier molecular flexibility index (Phi) is 7.38. The average Bonchev–Trinajstić information content (AvgIpc) is 3.18. The van der Waals surface area contributed by atoms with Gasteiger partial charge in [-0.2, -0.15) is 0 Å². The van der Waals surface area contributed by atoms with Crippen LogP contribution in [0.15, 0.2) is 42.5 Å². The van der Waals surface area contributed by atoms with Crippen molar-refractivity contribution in [2.75, 3.05) is 10.6 Å². The van der Waals surface area contributed by atoms with Crippen molar-refractivity contribution in [3.05, 3.63) is 58.6 Å². The van der Waals surface area contributed by atoms with Gasteiger partial charge in [0.05, 0.1) is 16.3 Å². The lowest BCUT2D eigenvalue weighted by atomic mass is 9.84. The molecule has 0 aliphatic heterocycles. The topological polar surface area (TPSA) is 108 Å². The zero-order chi connectivity index (χ0) is 24.2. The number of carbonyl (C=O) groups excluding carboxylic acids is 2. The highest BCUT2D eigenvalue weighted by molar-refractivity contribution is 7.23. The second kappa shape index (κ2) is 10.4. The van der Waals surface area contributed by atoms with Crippen LogP contribution >= 0.6 is 22.9 Å². The van der Waals surface area contributed by atoms with E-state index in [2.05, 4.69) is 16.0 Å². The summed E-state index contributed by atoms with van der Waals surface area (Å²) in [5.41, 5.74) is 1.54. The lowest BCUT2D eigenvalue weighted by Gasteiger charge is -2.28. The van der Waals surface area contributed by atoms with Gasteiger partial charge in [0.2, 0.25) is 0 Å². The van der Waals surface area contributed by atoms with E-state index in [-0.39, 0.29) is 11.5 Å². The van der Waals surface area contributed by atoms with E-state index >= 15 is 0 Å². The second-order valence-corrected chi connectivity index (χ2v) is 9.96. The van der Waals surface area contributed by atoms with Crippen molar-refractivity contribution in [3.8, 4) is 0 Å². The van der Waals surface area contributed by atoms with Gasteiger partial charge in [0, 0.05) is 10.1 Å². The van der Waals surface area contributed by atoms with Crippen LogP contribution in [0.5, 0.6) is 0 Å². The van der Waals surface area contributed by atoms with Crippen LogP contribution < -0.4 is 16.0 Å². The number of aryl methyl sites for hydroxylation is 1. The van der Waals surface area contributed by atoms with Crippen LogP contribution in [0.25, 0.3) is 10.1 Å². The van der Waals surface area contributed by atoms with Crippen molar-refractivity contribution in [3.63, 3.8) is 0 Å². The third kappa shape index (κ3) is 5.18. The summed E-state index contributed by atoms with van der Waals surface area (Å²) >= 11 is 7.48. The Morgan fingerprint density at radius 1 is 1.03 bits per heavy atom. The SMILES string of the molecule is Cc1cccc(Cl)c1NC(=O)Nc1sc2ccccc2c1C(=O)N[C@H](C(=O)O)C1CCCCC1. The first-order chi connectivity index (χ1) is 16.3. The predicted octanol–water partition coefficient (Wildman–Crippen LogP) is 6.27. The number of hydrogen-bond donors (Lipinski definition) is 4. The minimum absolute atomic E-state index is 0.108. The third-order valence-electron chi connectivity index (χ3n) is 6.18. The molecule has 0 saturated heterocycles. The van der Waals surface area contributed by atoms with E-state index in [0.717, 1.165) is 42.4 Å². The van der Waals surface area contributed by atoms with Gasteiger partial charge in [-0.05, 0) is 43.4 Å². The lowest BCUT2D eigenvalue weighted by molar-refractivity contribution is -0.141.